The van der Waals surface area contributed by atoms with E-state index in [1.807, 2.05) is 5.92 Å². The van der Waals surface area contributed by atoms with Crippen molar-refractivity contribution >= 4 is 0 Å². The summed E-state index contributed by atoms with van der Waals surface area (Å²) >= 11 is 0. The van der Waals surface area contributed by atoms with Crippen LogP contribution in [0.4, 0.5) is 4.39 Å². The first-order valence-corrected chi connectivity index (χ1v) is 5.37. The lowest BCUT2D eigenvalue weighted by atomic mass is 9.69. The van der Waals surface area contributed by atoms with Crippen molar-refractivity contribution in [1.29, 1.82) is 0 Å². The first-order chi connectivity index (χ1) is 5.82. The fraction of sp³-hybridized carbons (Fsp3) is 0.909. The summed E-state index contributed by atoms with van der Waals surface area (Å²) in [6, 6.07) is 0. The summed E-state index contributed by atoms with van der Waals surface area (Å²) in [5.41, 5.74) is -0.637. The summed E-state index contributed by atoms with van der Waals surface area (Å²) in [5, 5.41) is 0. The molecule has 12 heavy (non-hydrogen) atoms. The minimum atomic E-state index is -0.637. The molecule has 0 aromatic carbocycles. The van der Waals surface area contributed by atoms with Crippen molar-refractivity contribution in [2.45, 2.75) is 24.9 Å². The minimum Gasteiger partial charge on any atom is -0.242 e. The molecule has 6 atom stereocenters. The van der Waals surface area contributed by atoms with Crippen LogP contribution in [0.25, 0.3) is 0 Å². The highest BCUT2D eigenvalue weighted by Crippen LogP contribution is 2.86. The van der Waals surface area contributed by atoms with Gasteiger partial charge in [0.25, 0.3) is 0 Å². The zero-order chi connectivity index (χ0) is 7.66. The lowest BCUT2D eigenvalue weighted by Crippen LogP contribution is -2.43. The van der Waals surface area contributed by atoms with E-state index < -0.39 is 5.67 Å². The van der Waals surface area contributed by atoms with Crippen LogP contribution >= 0.6 is 0 Å². The average Bonchev–Trinajstić information content (AvgIpc) is 2.90. The molecule has 62 valence electrons. The van der Waals surface area contributed by atoms with Gasteiger partial charge in [0.05, 0.1) is 0 Å². The lowest BCUT2D eigenvalue weighted by molar-refractivity contribution is 0.0231. The second-order valence-electron chi connectivity index (χ2n) is 5.67. The molecule has 0 aliphatic heterocycles. The predicted octanol–water partition coefficient (Wildman–Crippen LogP) is 2.20. The third-order valence-corrected chi connectivity index (χ3v) is 5.36. The first-order valence-electron chi connectivity index (χ1n) is 5.37. The fourth-order valence-corrected chi connectivity index (χ4v) is 4.81. The Morgan fingerprint density at radius 3 is 1.75 bits per heavy atom. The van der Waals surface area contributed by atoms with Gasteiger partial charge < -0.3 is 0 Å². The summed E-state index contributed by atoms with van der Waals surface area (Å²) in [6.07, 6.45) is 3.68. The van der Waals surface area contributed by atoms with Crippen molar-refractivity contribution in [2.24, 2.45) is 35.5 Å². The van der Waals surface area contributed by atoms with Crippen LogP contribution in [-0.2, 0) is 0 Å². The molecule has 2 bridgehead atoms. The van der Waals surface area contributed by atoms with Gasteiger partial charge in [0.2, 0.25) is 0 Å². The van der Waals surface area contributed by atoms with Crippen molar-refractivity contribution in [2.75, 3.05) is 0 Å². The van der Waals surface area contributed by atoms with Crippen molar-refractivity contribution in [3.8, 4) is 0 Å². The molecule has 0 saturated heterocycles. The molecule has 1 heteroatoms. The van der Waals surface area contributed by atoms with Crippen LogP contribution in [0.3, 0.4) is 0 Å². The maximum absolute atomic E-state index is 14.6. The molecule has 0 amide bonds. The van der Waals surface area contributed by atoms with Crippen LogP contribution in [0.15, 0.2) is 0 Å². The Kier molecular flexibility index (Phi) is 0.537. The fourth-order valence-electron chi connectivity index (χ4n) is 4.81. The van der Waals surface area contributed by atoms with Crippen molar-refractivity contribution in [1.82, 2.24) is 0 Å². The highest BCUT2D eigenvalue weighted by atomic mass is 19.1. The molecule has 6 rings (SSSR count). The Labute approximate surface area is 71.5 Å². The topological polar surface area (TPSA) is 0 Å². The maximum atomic E-state index is 14.6. The molecule has 6 aliphatic carbocycles. The van der Waals surface area contributed by atoms with E-state index in [0.717, 1.165) is 17.8 Å². The molecule has 0 aromatic heterocycles. The molecule has 0 N–H and O–H groups in total. The third kappa shape index (κ3) is 0.332. The summed E-state index contributed by atoms with van der Waals surface area (Å²) in [5.74, 6) is 5.74. The van der Waals surface area contributed by atoms with Gasteiger partial charge in [-0.1, -0.05) is 0 Å². The molecular formula is C11H12F+. The normalized spacial score (nSPS) is 79.2. The van der Waals surface area contributed by atoms with E-state index in [4.69, 9.17) is 0 Å². The molecular weight excluding hydrogens is 151 g/mol. The molecule has 0 aromatic rings. The maximum Gasteiger partial charge on any atom is 0.133 e. The van der Waals surface area contributed by atoms with Crippen LogP contribution in [0.5, 0.6) is 0 Å². The van der Waals surface area contributed by atoms with Gasteiger partial charge in [-0.3, -0.25) is 0 Å². The van der Waals surface area contributed by atoms with Crippen LogP contribution < -0.4 is 0 Å². The van der Waals surface area contributed by atoms with Gasteiger partial charge in [0, 0.05) is 37.0 Å². The van der Waals surface area contributed by atoms with Crippen molar-refractivity contribution in [3.05, 3.63) is 5.92 Å². The Bertz CT molecular complexity index is 252. The van der Waals surface area contributed by atoms with E-state index in [9.17, 15) is 4.39 Å². The molecule has 6 fully saturated rings. The Morgan fingerprint density at radius 1 is 0.917 bits per heavy atom. The smallest absolute Gasteiger partial charge is 0.133 e. The number of halogens is 1. The van der Waals surface area contributed by atoms with Gasteiger partial charge in [0.15, 0.2) is 0 Å². The van der Waals surface area contributed by atoms with Gasteiger partial charge in [-0.15, -0.1) is 0 Å². The van der Waals surface area contributed by atoms with Crippen LogP contribution in [0, 0.1) is 41.4 Å². The number of hydrogen-bond donors (Lipinski definition) is 0. The molecule has 0 radical (unpaired) electrons. The summed E-state index contributed by atoms with van der Waals surface area (Å²) in [4.78, 5) is 0. The van der Waals surface area contributed by atoms with Gasteiger partial charge in [-0.05, 0) is 0 Å². The van der Waals surface area contributed by atoms with E-state index in [0.29, 0.717) is 17.8 Å². The summed E-state index contributed by atoms with van der Waals surface area (Å²) in [7, 11) is 0. The summed E-state index contributed by atoms with van der Waals surface area (Å²) < 4.78 is 14.6. The molecule has 0 heterocycles. The SMILES string of the molecule is FC12C3CC3[C+](C3CC31)C1CC12. The van der Waals surface area contributed by atoms with Gasteiger partial charge in [-0.2, -0.15) is 0 Å². The molecule has 6 unspecified atom stereocenters. The van der Waals surface area contributed by atoms with Crippen LogP contribution in [-0.4, -0.2) is 5.67 Å². The third-order valence-electron chi connectivity index (χ3n) is 5.36. The Balaban J connectivity index is 1.80. The lowest BCUT2D eigenvalue weighted by Gasteiger charge is -2.33. The zero-order valence-electron chi connectivity index (χ0n) is 6.96. The number of hydrogen-bond acceptors (Lipinski definition) is 0. The number of rotatable bonds is 0. The average molecular weight is 163 g/mol. The monoisotopic (exact) mass is 163 g/mol. The van der Waals surface area contributed by atoms with E-state index in [1.54, 1.807) is 0 Å². The minimum absolute atomic E-state index is 0.514. The number of alkyl halides is 1. The molecule has 0 nitrogen and oxygen atoms in total. The van der Waals surface area contributed by atoms with E-state index in [2.05, 4.69) is 0 Å². The second kappa shape index (κ2) is 1.17. The van der Waals surface area contributed by atoms with Gasteiger partial charge in [0.1, 0.15) is 29.3 Å². The zero-order valence-corrected chi connectivity index (χ0v) is 6.96. The quantitative estimate of drug-likeness (QED) is 0.480. The first kappa shape index (κ1) is 5.51. The Morgan fingerprint density at radius 2 is 1.33 bits per heavy atom. The predicted molar refractivity (Wildman–Crippen MR) is 41.9 cm³/mol. The molecule has 6 saturated carbocycles. The second-order valence-corrected chi connectivity index (χ2v) is 5.67. The highest BCUT2D eigenvalue weighted by molar-refractivity contribution is 5.43. The van der Waals surface area contributed by atoms with Crippen LogP contribution in [0.2, 0.25) is 0 Å². The van der Waals surface area contributed by atoms with Crippen molar-refractivity contribution in [3.63, 3.8) is 0 Å². The van der Waals surface area contributed by atoms with Gasteiger partial charge >= 0.3 is 0 Å². The van der Waals surface area contributed by atoms with Gasteiger partial charge in [-0.25, -0.2) is 4.39 Å². The highest BCUT2D eigenvalue weighted by Gasteiger charge is 2.92. The largest absolute Gasteiger partial charge is 0.242 e. The van der Waals surface area contributed by atoms with E-state index in [1.165, 1.54) is 19.3 Å². The standard InChI is InChI=1S/C11H12F/c12-11-7-1-4(7)10(5-2-8(5)11)6-3-9(6)11/h4-9H,1-3H2/q+1. The molecule has 0 spiro atoms. The van der Waals surface area contributed by atoms with Crippen molar-refractivity contribution < 1.29 is 4.39 Å². The van der Waals surface area contributed by atoms with E-state index >= 15 is 0 Å². The Hall–Kier alpha value is -0.200. The van der Waals surface area contributed by atoms with Crippen LogP contribution in [0.1, 0.15) is 19.3 Å². The molecule has 6 aliphatic rings. The summed E-state index contributed by atoms with van der Waals surface area (Å²) in [6.45, 7) is 0. The van der Waals surface area contributed by atoms with E-state index in [-0.39, 0.29) is 0 Å².